The number of carbonyl (C=O) groups excluding carboxylic acids is 1. The molecule has 0 radical (unpaired) electrons. The van der Waals surface area contributed by atoms with Gasteiger partial charge in [-0.05, 0) is 49.1 Å². The van der Waals surface area contributed by atoms with Crippen molar-refractivity contribution >= 4 is 44.8 Å². The second-order valence-corrected chi connectivity index (χ2v) is 9.71. The van der Waals surface area contributed by atoms with Gasteiger partial charge >= 0.3 is 0 Å². The molecule has 1 aliphatic heterocycles. The Kier molecular flexibility index (Phi) is 6.53. The van der Waals surface area contributed by atoms with Gasteiger partial charge in [-0.3, -0.25) is 9.10 Å². The number of hydrogen-bond acceptors (Lipinski definition) is 3. The molecule has 1 aliphatic rings. The van der Waals surface area contributed by atoms with Crippen molar-refractivity contribution in [2.75, 3.05) is 23.9 Å². The maximum absolute atomic E-state index is 13.3. The van der Waals surface area contributed by atoms with Crippen molar-refractivity contribution in [3.63, 3.8) is 0 Å². The van der Waals surface area contributed by atoms with E-state index in [1.54, 1.807) is 29.2 Å². The van der Waals surface area contributed by atoms with Crippen LogP contribution in [0.25, 0.3) is 0 Å². The van der Waals surface area contributed by atoms with Crippen LogP contribution in [-0.4, -0.2) is 38.9 Å². The molecule has 0 unspecified atom stereocenters. The van der Waals surface area contributed by atoms with E-state index in [0.717, 1.165) is 17.1 Å². The van der Waals surface area contributed by atoms with Gasteiger partial charge in [-0.25, -0.2) is 8.42 Å². The van der Waals surface area contributed by atoms with Crippen molar-refractivity contribution in [3.8, 4) is 0 Å². The minimum Gasteiger partial charge on any atom is -0.341 e. The number of sulfonamides is 1. The Hall–Kier alpha value is -1.76. The Morgan fingerprint density at radius 3 is 2.54 bits per heavy atom. The quantitative estimate of drug-likeness (QED) is 0.689. The van der Waals surface area contributed by atoms with Crippen LogP contribution in [0.15, 0.2) is 53.4 Å². The Balaban J connectivity index is 1.98. The maximum atomic E-state index is 13.3. The first-order chi connectivity index (χ1) is 13.3. The van der Waals surface area contributed by atoms with Gasteiger partial charge in [0.05, 0.1) is 15.6 Å². The molecule has 2 aromatic rings. The van der Waals surface area contributed by atoms with E-state index < -0.39 is 10.0 Å². The van der Waals surface area contributed by atoms with Gasteiger partial charge in [0, 0.05) is 18.1 Å². The second-order valence-electron chi connectivity index (χ2n) is 7.01. The molecule has 1 heterocycles. The van der Waals surface area contributed by atoms with Crippen molar-refractivity contribution < 1.29 is 13.2 Å². The minimum atomic E-state index is -3.98. The summed E-state index contributed by atoms with van der Waals surface area (Å²) in [5, 5.41) is 0.564. The lowest BCUT2D eigenvalue weighted by Crippen LogP contribution is -2.46. The van der Waals surface area contributed by atoms with Gasteiger partial charge < -0.3 is 4.90 Å². The average Bonchev–Trinajstić information content (AvgIpc) is 2.67. The molecule has 0 saturated carbocycles. The smallest absolute Gasteiger partial charge is 0.264 e. The molecule has 5 nitrogen and oxygen atoms in total. The van der Waals surface area contributed by atoms with Crippen LogP contribution < -0.4 is 4.31 Å². The van der Waals surface area contributed by atoms with Crippen LogP contribution in [-0.2, 0) is 14.8 Å². The number of halogens is 2. The van der Waals surface area contributed by atoms with Gasteiger partial charge in [-0.1, -0.05) is 48.3 Å². The van der Waals surface area contributed by atoms with E-state index in [-0.39, 0.29) is 28.1 Å². The lowest BCUT2D eigenvalue weighted by molar-refractivity contribution is -0.131. The Morgan fingerprint density at radius 2 is 1.89 bits per heavy atom. The number of benzene rings is 2. The molecule has 8 heteroatoms. The summed E-state index contributed by atoms with van der Waals surface area (Å²) < 4.78 is 27.7. The zero-order valence-corrected chi connectivity index (χ0v) is 17.8. The summed E-state index contributed by atoms with van der Waals surface area (Å²) >= 11 is 12.3. The number of carbonyl (C=O) groups is 1. The summed E-state index contributed by atoms with van der Waals surface area (Å²) in [6.45, 7) is 3.04. The topological polar surface area (TPSA) is 57.7 Å². The molecular weight excluding hydrogens is 419 g/mol. The van der Waals surface area contributed by atoms with Gasteiger partial charge in [0.15, 0.2) is 0 Å². The standard InChI is InChI=1S/C20H22Cl2N2O3S/c1-15-6-5-11-23(13-15)20(25)14-24(19-10-9-16(21)12-18(19)22)28(26,27)17-7-3-2-4-8-17/h2-4,7-10,12,15H,5-6,11,13-14H2,1H3/t15-/m0/s1. The molecule has 150 valence electrons. The summed E-state index contributed by atoms with van der Waals surface area (Å²) in [6, 6.07) is 12.6. The summed E-state index contributed by atoms with van der Waals surface area (Å²) in [5.41, 5.74) is 0.230. The third-order valence-corrected chi connectivity index (χ3v) is 7.11. The van der Waals surface area contributed by atoms with Crippen LogP contribution in [0.4, 0.5) is 5.69 Å². The highest BCUT2D eigenvalue weighted by atomic mass is 35.5. The van der Waals surface area contributed by atoms with E-state index in [4.69, 9.17) is 23.2 Å². The molecule has 1 amide bonds. The monoisotopic (exact) mass is 440 g/mol. The van der Waals surface area contributed by atoms with Crippen LogP contribution in [0.1, 0.15) is 19.8 Å². The van der Waals surface area contributed by atoms with Gasteiger partial charge in [0.25, 0.3) is 10.0 Å². The SMILES string of the molecule is C[C@H]1CCCN(C(=O)CN(c2ccc(Cl)cc2Cl)S(=O)(=O)c2ccccc2)C1. The van der Waals surface area contributed by atoms with Crippen LogP contribution in [0.2, 0.25) is 10.0 Å². The van der Waals surface area contributed by atoms with Crippen LogP contribution in [0.5, 0.6) is 0 Å². The molecule has 28 heavy (non-hydrogen) atoms. The zero-order chi connectivity index (χ0) is 20.3. The second kappa shape index (κ2) is 8.72. The largest absolute Gasteiger partial charge is 0.341 e. The van der Waals surface area contributed by atoms with Gasteiger partial charge in [-0.15, -0.1) is 0 Å². The van der Waals surface area contributed by atoms with Crippen molar-refractivity contribution in [2.45, 2.75) is 24.7 Å². The highest BCUT2D eigenvalue weighted by Gasteiger charge is 2.31. The first-order valence-electron chi connectivity index (χ1n) is 9.09. The molecule has 1 atom stereocenters. The zero-order valence-electron chi connectivity index (χ0n) is 15.5. The van der Waals surface area contributed by atoms with Crippen molar-refractivity contribution in [1.82, 2.24) is 4.90 Å². The number of amides is 1. The average molecular weight is 441 g/mol. The van der Waals surface area contributed by atoms with Crippen LogP contribution in [0.3, 0.4) is 0 Å². The summed E-state index contributed by atoms with van der Waals surface area (Å²) in [6.07, 6.45) is 1.98. The number of anilines is 1. The molecule has 0 aliphatic carbocycles. The van der Waals surface area contributed by atoms with E-state index in [2.05, 4.69) is 6.92 Å². The number of hydrogen-bond donors (Lipinski definition) is 0. The lowest BCUT2D eigenvalue weighted by Gasteiger charge is -2.33. The summed E-state index contributed by atoms with van der Waals surface area (Å²) in [7, 11) is -3.98. The fourth-order valence-corrected chi connectivity index (χ4v) is 5.36. The molecular formula is C20H22Cl2N2O3S. The molecule has 3 rings (SSSR count). The van der Waals surface area contributed by atoms with Crippen LogP contribution >= 0.6 is 23.2 Å². The van der Waals surface area contributed by atoms with Crippen molar-refractivity contribution in [1.29, 1.82) is 0 Å². The molecule has 0 aromatic heterocycles. The van der Waals surface area contributed by atoms with Gasteiger partial charge in [0.2, 0.25) is 5.91 Å². The number of likely N-dealkylation sites (tertiary alicyclic amines) is 1. The molecule has 1 fully saturated rings. The third-order valence-electron chi connectivity index (χ3n) is 4.80. The molecule has 0 N–H and O–H groups in total. The Bertz CT molecular complexity index is 951. The fraction of sp³-hybridized carbons (Fsp3) is 0.350. The highest BCUT2D eigenvalue weighted by molar-refractivity contribution is 7.92. The molecule has 0 bridgehead atoms. The minimum absolute atomic E-state index is 0.0980. The summed E-state index contributed by atoms with van der Waals surface area (Å²) in [5.74, 6) is 0.160. The normalized spacial score (nSPS) is 17.4. The van der Waals surface area contributed by atoms with Crippen molar-refractivity contribution in [2.24, 2.45) is 5.92 Å². The fourth-order valence-electron chi connectivity index (χ4n) is 3.34. The Morgan fingerprint density at radius 1 is 1.18 bits per heavy atom. The summed E-state index contributed by atoms with van der Waals surface area (Å²) in [4.78, 5) is 14.8. The van der Waals surface area contributed by atoms with E-state index in [9.17, 15) is 13.2 Å². The molecule has 0 spiro atoms. The first kappa shape index (κ1) is 21.0. The number of nitrogens with zero attached hydrogens (tertiary/aromatic N) is 2. The Labute approximate surface area is 175 Å². The molecule has 1 saturated heterocycles. The third kappa shape index (κ3) is 4.62. The van der Waals surface area contributed by atoms with Crippen LogP contribution in [0, 0.1) is 5.92 Å². The maximum Gasteiger partial charge on any atom is 0.264 e. The van der Waals surface area contributed by atoms with Gasteiger partial charge in [0.1, 0.15) is 6.54 Å². The first-order valence-corrected chi connectivity index (χ1v) is 11.3. The predicted octanol–water partition coefficient (Wildman–Crippen LogP) is 4.45. The lowest BCUT2D eigenvalue weighted by atomic mass is 10.0. The number of piperidine rings is 1. The van der Waals surface area contributed by atoms with E-state index in [0.29, 0.717) is 24.0 Å². The van der Waals surface area contributed by atoms with Gasteiger partial charge in [-0.2, -0.15) is 0 Å². The van der Waals surface area contributed by atoms with E-state index in [1.165, 1.54) is 24.3 Å². The molecule has 2 aromatic carbocycles. The number of rotatable bonds is 5. The van der Waals surface area contributed by atoms with E-state index >= 15 is 0 Å². The highest BCUT2D eigenvalue weighted by Crippen LogP contribution is 2.33. The predicted molar refractivity (Wildman–Crippen MR) is 112 cm³/mol. The van der Waals surface area contributed by atoms with Crippen molar-refractivity contribution in [3.05, 3.63) is 58.6 Å². The van der Waals surface area contributed by atoms with E-state index in [1.807, 2.05) is 0 Å².